The number of sulfonamides is 1. The van der Waals surface area contributed by atoms with Gasteiger partial charge in [0.05, 0.1) is 17.3 Å². The van der Waals surface area contributed by atoms with Crippen LogP contribution in [0, 0.1) is 15.9 Å². The molecule has 1 heterocycles. The maximum Gasteiger partial charge on any atom is 0.271 e. The van der Waals surface area contributed by atoms with Crippen LogP contribution in [-0.4, -0.2) is 23.3 Å². The Morgan fingerprint density at radius 1 is 1.29 bits per heavy atom. The minimum absolute atomic E-state index is 0.149. The van der Waals surface area contributed by atoms with E-state index in [0.717, 1.165) is 12.3 Å². The van der Waals surface area contributed by atoms with Crippen molar-refractivity contribution < 1.29 is 17.7 Å². The predicted molar refractivity (Wildman–Crippen MR) is 73.6 cm³/mol. The van der Waals surface area contributed by atoms with Crippen LogP contribution in [0.25, 0.3) is 0 Å². The lowest BCUT2D eigenvalue weighted by molar-refractivity contribution is -0.385. The van der Waals surface area contributed by atoms with E-state index in [0.29, 0.717) is 16.7 Å². The maximum atomic E-state index is 13.6. The first-order chi connectivity index (χ1) is 9.79. The topological polar surface area (TPSA) is 115 Å². The van der Waals surface area contributed by atoms with Gasteiger partial charge < -0.3 is 0 Å². The normalized spacial score (nSPS) is 11.1. The highest BCUT2D eigenvalue weighted by Gasteiger charge is 2.23. The molecule has 0 fully saturated rings. The molecule has 0 aliphatic carbocycles. The molecule has 1 aromatic heterocycles. The van der Waals surface area contributed by atoms with Gasteiger partial charge in [0.2, 0.25) is 0 Å². The van der Waals surface area contributed by atoms with Crippen LogP contribution in [0.4, 0.5) is 15.9 Å². The number of benzene rings is 1. The van der Waals surface area contributed by atoms with E-state index in [4.69, 9.17) is 0 Å². The van der Waals surface area contributed by atoms with E-state index in [1.807, 2.05) is 4.72 Å². The van der Waals surface area contributed by atoms with Crippen molar-refractivity contribution in [2.24, 2.45) is 0 Å². The van der Waals surface area contributed by atoms with Gasteiger partial charge in [0.15, 0.2) is 5.82 Å². The Bertz CT molecular complexity index is 797. The van der Waals surface area contributed by atoms with Gasteiger partial charge in [0.1, 0.15) is 15.3 Å². The average molecular weight is 377 g/mol. The van der Waals surface area contributed by atoms with E-state index in [1.54, 1.807) is 0 Å². The zero-order chi connectivity index (χ0) is 15.6. The van der Waals surface area contributed by atoms with Gasteiger partial charge in [-0.25, -0.2) is 22.8 Å². The van der Waals surface area contributed by atoms with Crippen LogP contribution < -0.4 is 4.72 Å². The molecule has 8 nitrogen and oxygen atoms in total. The Labute approximate surface area is 126 Å². The number of hydrogen-bond donors (Lipinski definition) is 1. The highest BCUT2D eigenvalue weighted by Crippen LogP contribution is 2.22. The quantitative estimate of drug-likeness (QED) is 0.645. The summed E-state index contributed by atoms with van der Waals surface area (Å²) in [5.41, 5.74) is -0.543. The highest BCUT2D eigenvalue weighted by molar-refractivity contribution is 9.10. The molecule has 11 heteroatoms. The molecule has 0 atom stereocenters. The number of nitro groups is 1. The SMILES string of the molecule is O=[N+]([O-])c1ccc(F)c(S(=O)(=O)Nc2cnc(Br)cn2)c1. The zero-order valence-corrected chi connectivity index (χ0v) is 12.4. The van der Waals surface area contributed by atoms with Crippen molar-refractivity contribution in [3.05, 3.63) is 51.1 Å². The molecule has 21 heavy (non-hydrogen) atoms. The summed E-state index contributed by atoms with van der Waals surface area (Å²) in [6, 6.07) is 2.21. The minimum atomic E-state index is -4.36. The summed E-state index contributed by atoms with van der Waals surface area (Å²) in [6.45, 7) is 0. The molecule has 2 aromatic rings. The molecular formula is C10H6BrFN4O4S. The zero-order valence-electron chi connectivity index (χ0n) is 10.0. The monoisotopic (exact) mass is 376 g/mol. The molecule has 110 valence electrons. The highest BCUT2D eigenvalue weighted by atomic mass is 79.9. The van der Waals surface area contributed by atoms with Gasteiger partial charge in [-0.1, -0.05) is 0 Å². The third-order valence-electron chi connectivity index (χ3n) is 2.27. The summed E-state index contributed by atoms with van der Waals surface area (Å²) in [5.74, 6) is -1.26. The molecule has 0 spiro atoms. The average Bonchev–Trinajstić information content (AvgIpc) is 2.41. The fourth-order valence-electron chi connectivity index (χ4n) is 1.37. The lowest BCUT2D eigenvalue weighted by Crippen LogP contribution is -2.16. The van der Waals surface area contributed by atoms with E-state index in [2.05, 4.69) is 25.9 Å². The number of aromatic nitrogens is 2. The van der Waals surface area contributed by atoms with Crippen LogP contribution >= 0.6 is 15.9 Å². The van der Waals surface area contributed by atoms with E-state index in [-0.39, 0.29) is 5.82 Å². The lowest BCUT2D eigenvalue weighted by Gasteiger charge is -2.07. The summed E-state index contributed by atoms with van der Waals surface area (Å²) in [7, 11) is -4.36. The number of hydrogen-bond acceptors (Lipinski definition) is 6. The third-order valence-corrected chi connectivity index (χ3v) is 4.05. The first-order valence-electron chi connectivity index (χ1n) is 5.24. The summed E-state index contributed by atoms with van der Waals surface area (Å²) in [4.78, 5) is 16.4. The molecule has 1 N–H and O–H groups in total. The van der Waals surface area contributed by atoms with Crippen molar-refractivity contribution >= 4 is 37.5 Å². The second kappa shape index (κ2) is 5.69. The molecule has 0 amide bonds. The molecule has 0 aliphatic heterocycles. The van der Waals surface area contributed by atoms with Crippen LogP contribution in [0.5, 0.6) is 0 Å². The van der Waals surface area contributed by atoms with Crippen molar-refractivity contribution in [1.82, 2.24) is 9.97 Å². The maximum absolute atomic E-state index is 13.6. The predicted octanol–water partition coefficient (Wildman–Crippen LogP) is 2.09. The van der Waals surface area contributed by atoms with Crippen LogP contribution in [0.3, 0.4) is 0 Å². The van der Waals surface area contributed by atoms with E-state index < -0.39 is 31.3 Å². The second-order valence-electron chi connectivity index (χ2n) is 3.70. The Balaban J connectivity index is 2.41. The van der Waals surface area contributed by atoms with Crippen LogP contribution in [0.15, 0.2) is 40.1 Å². The molecule has 0 saturated carbocycles. The first-order valence-corrected chi connectivity index (χ1v) is 7.51. The van der Waals surface area contributed by atoms with Crippen molar-refractivity contribution in [3.8, 4) is 0 Å². The van der Waals surface area contributed by atoms with E-state index in [1.165, 1.54) is 6.20 Å². The number of halogens is 2. The molecule has 0 saturated heterocycles. The molecule has 0 bridgehead atoms. The third kappa shape index (κ3) is 3.49. The van der Waals surface area contributed by atoms with Crippen molar-refractivity contribution in [3.63, 3.8) is 0 Å². The number of nitrogens with one attached hydrogen (secondary N) is 1. The molecule has 2 rings (SSSR count). The molecular weight excluding hydrogens is 371 g/mol. The largest absolute Gasteiger partial charge is 0.271 e. The van der Waals surface area contributed by atoms with Crippen molar-refractivity contribution in [2.45, 2.75) is 4.90 Å². The number of non-ortho nitro benzene ring substituents is 1. The summed E-state index contributed by atoms with van der Waals surface area (Å²) < 4.78 is 40.0. The fraction of sp³-hybridized carbons (Fsp3) is 0. The minimum Gasteiger partial charge on any atom is -0.262 e. The Kier molecular flexibility index (Phi) is 4.14. The van der Waals surface area contributed by atoms with Crippen molar-refractivity contribution in [2.75, 3.05) is 4.72 Å². The van der Waals surface area contributed by atoms with E-state index in [9.17, 15) is 22.9 Å². The fourth-order valence-corrected chi connectivity index (χ4v) is 2.67. The van der Waals surface area contributed by atoms with Gasteiger partial charge in [-0.05, 0) is 22.0 Å². The van der Waals surface area contributed by atoms with Gasteiger partial charge in [-0.2, -0.15) is 0 Å². The Morgan fingerprint density at radius 3 is 2.57 bits per heavy atom. The van der Waals surface area contributed by atoms with Crippen molar-refractivity contribution in [1.29, 1.82) is 0 Å². The number of nitro benzene ring substituents is 1. The van der Waals surface area contributed by atoms with Crippen LogP contribution in [-0.2, 0) is 10.0 Å². The van der Waals surface area contributed by atoms with Gasteiger partial charge in [-0.15, -0.1) is 0 Å². The van der Waals surface area contributed by atoms with Gasteiger partial charge in [-0.3, -0.25) is 14.8 Å². The molecule has 1 aromatic carbocycles. The first kappa shape index (κ1) is 15.3. The summed E-state index contributed by atoms with van der Waals surface area (Å²) >= 11 is 3.02. The summed E-state index contributed by atoms with van der Waals surface area (Å²) in [5, 5.41) is 10.6. The Morgan fingerprint density at radius 2 is 2.00 bits per heavy atom. The van der Waals surface area contributed by atoms with Gasteiger partial charge in [0.25, 0.3) is 15.7 Å². The number of rotatable bonds is 4. The van der Waals surface area contributed by atoms with Crippen LogP contribution in [0.2, 0.25) is 0 Å². The number of nitrogens with zero attached hydrogens (tertiary/aromatic N) is 3. The Hall–Kier alpha value is -2.14. The van der Waals surface area contributed by atoms with Crippen LogP contribution in [0.1, 0.15) is 0 Å². The van der Waals surface area contributed by atoms with Gasteiger partial charge in [0, 0.05) is 12.1 Å². The van der Waals surface area contributed by atoms with Gasteiger partial charge >= 0.3 is 0 Å². The number of anilines is 1. The molecule has 0 radical (unpaired) electrons. The smallest absolute Gasteiger partial charge is 0.262 e. The standard InChI is InChI=1S/C10H6BrFN4O4S/c11-9-4-14-10(5-13-9)15-21(19,20)8-3-6(16(17)18)1-2-7(8)12/h1-5H,(H,14,15). The van der Waals surface area contributed by atoms with E-state index >= 15 is 0 Å². The molecule has 0 aliphatic rings. The lowest BCUT2D eigenvalue weighted by atomic mass is 10.3. The second-order valence-corrected chi connectivity index (χ2v) is 6.16. The summed E-state index contributed by atoms with van der Waals surface area (Å²) in [6.07, 6.45) is 2.35. The molecule has 0 unspecified atom stereocenters.